The first-order valence-corrected chi connectivity index (χ1v) is 15.8. The van der Waals surface area contributed by atoms with E-state index in [1.807, 2.05) is 13.8 Å². The van der Waals surface area contributed by atoms with Crippen LogP contribution in [-0.4, -0.2) is 63.4 Å². The molecule has 0 aromatic heterocycles. The van der Waals surface area contributed by atoms with Crippen molar-refractivity contribution in [1.82, 2.24) is 10.2 Å². The van der Waals surface area contributed by atoms with Crippen molar-refractivity contribution in [2.45, 2.75) is 45.2 Å². The summed E-state index contributed by atoms with van der Waals surface area (Å²) >= 11 is 6.26. The fourth-order valence-corrected chi connectivity index (χ4v) is 6.01. The molecule has 1 atom stereocenters. The van der Waals surface area contributed by atoms with Gasteiger partial charge in [-0.3, -0.25) is 24.0 Å². The molecule has 12 nitrogen and oxygen atoms in total. The molecular weight excluding hydrogens is 624 g/mol. The maximum Gasteiger partial charge on any atom is 0.273 e. The van der Waals surface area contributed by atoms with Crippen LogP contribution in [0.4, 0.5) is 11.4 Å². The number of nitrogens with one attached hydrogen (secondary N) is 1. The molecule has 0 aliphatic carbocycles. The van der Waals surface area contributed by atoms with Crippen molar-refractivity contribution in [1.29, 1.82) is 0 Å². The fourth-order valence-electron chi connectivity index (χ4n) is 4.41. The van der Waals surface area contributed by atoms with E-state index < -0.39 is 49.9 Å². The fraction of sp³-hybridized carbons (Fsp3) is 0.355. The van der Waals surface area contributed by atoms with Gasteiger partial charge in [-0.05, 0) is 61.7 Å². The molecule has 0 saturated heterocycles. The minimum atomic E-state index is -4.63. The molecule has 0 saturated carbocycles. The van der Waals surface area contributed by atoms with Crippen molar-refractivity contribution in [3.63, 3.8) is 0 Å². The van der Waals surface area contributed by atoms with Crippen LogP contribution in [0, 0.1) is 23.0 Å². The third-order valence-corrected chi connectivity index (χ3v) is 9.01. The van der Waals surface area contributed by atoms with Gasteiger partial charge in [-0.1, -0.05) is 43.6 Å². The predicted octanol–water partition coefficient (Wildman–Crippen LogP) is 4.96. The second kappa shape index (κ2) is 15.1. The molecule has 45 heavy (non-hydrogen) atoms. The van der Waals surface area contributed by atoms with Gasteiger partial charge >= 0.3 is 0 Å². The van der Waals surface area contributed by atoms with Crippen LogP contribution in [0.5, 0.6) is 11.5 Å². The lowest BCUT2D eigenvalue weighted by molar-refractivity contribution is -0.385. The number of aryl methyl sites for hydroxylation is 1. The number of carbonyl (C=O) groups excluding carboxylic acids is 2. The zero-order valence-corrected chi connectivity index (χ0v) is 27.5. The van der Waals surface area contributed by atoms with Crippen LogP contribution in [0.2, 0.25) is 5.02 Å². The summed E-state index contributed by atoms with van der Waals surface area (Å²) in [5.74, 6) is -0.306. The Bertz CT molecular complexity index is 1650. The van der Waals surface area contributed by atoms with Gasteiger partial charge in [0.25, 0.3) is 15.7 Å². The molecule has 0 heterocycles. The van der Waals surface area contributed by atoms with Gasteiger partial charge in [0.05, 0.1) is 29.7 Å². The molecular formula is C31H37ClN4O8S. The first-order chi connectivity index (χ1) is 21.2. The number of hydrogen-bond donors (Lipinski definition) is 1. The van der Waals surface area contributed by atoms with E-state index >= 15 is 0 Å². The maximum absolute atomic E-state index is 14.2. The van der Waals surface area contributed by atoms with Gasteiger partial charge in [0.2, 0.25) is 11.8 Å². The number of halogens is 1. The number of hydrogen-bond acceptors (Lipinski definition) is 8. The summed E-state index contributed by atoms with van der Waals surface area (Å²) in [6, 6.07) is 13.6. The summed E-state index contributed by atoms with van der Waals surface area (Å²) in [7, 11) is -1.78. The van der Waals surface area contributed by atoms with Crippen LogP contribution < -0.4 is 19.1 Å². The molecule has 0 bridgehead atoms. The molecule has 3 rings (SSSR count). The molecule has 0 radical (unpaired) electrons. The van der Waals surface area contributed by atoms with Crippen LogP contribution in [0.15, 0.2) is 65.6 Å². The first kappa shape index (κ1) is 35.1. The number of rotatable bonds is 14. The minimum absolute atomic E-state index is 0.0321. The van der Waals surface area contributed by atoms with Crippen molar-refractivity contribution < 1.29 is 32.4 Å². The normalized spacial score (nSPS) is 11.9. The monoisotopic (exact) mass is 660 g/mol. The Morgan fingerprint density at radius 2 is 1.67 bits per heavy atom. The quantitative estimate of drug-likeness (QED) is 0.188. The van der Waals surface area contributed by atoms with Gasteiger partial charge in [-0.2, -0.15) is 0 Å². The number of nitro benzene ring substituents is 1. The molecule has 0 fully saturated rings. The van der Waals surface area contributed by atoms with Crippen molar-refractivity contribution in [3.8, 4) is 11.5 Å². The highest BCUT2D eigenvalue weighted by molar-refractivity contribution is 7.92. The lowest BCUT2D eigenvalue weighted by Gasteiger charge is -2.32. The van der Waals surface area contributed by atoms with Gasteiger partial charge in [0.1, 0.15) is 24.1 Å². The Balaban J connectivity index is 2.14. The molecule has 2 amide bonds. The second-order valence-electron chi connectivity index (χ2n) is 10.7. The van der Waals surface area contributed by atoms with E-state index in [9.17, 15) is 28.1 Å². The SMILES string of the molecule is COc1ccc(CN(C(=O)CN(c2cc(Cl)ccc2OC)S(=O)(=O)c2ccc(C)c([N+](=O)[O-])c2)[C@H](C)C(=O)NCC(C)C)cc1. The molecule has 14 heteroatoms. The van der Waals surface area contributed by atoms with Crippen LogP contribution >= 0.6 is 11.6 Å². The lowest BCUT2D eigenvalue weighted by atomic mass is 10.1. The number of anilines is 1. The number of carbonyl (C=O) groups is 2. The molecule has 0 spiro atoms. The average Bonchev–Trinajstić information content (AvgIpc) is 3.00. The highest BCUT2D eigenvalue weighted by Gasteiger charge is 2.35. The third kappa shape index (κ3) is 8.64. The Kier molecular flexibility index (Phi) is 11.8. The zero-order valence-electron chi connectivity index (χ0n) is 25.9. The molecule has 0 aliphatic rings. The summed E-state index contributed by atoms with van der Waals surface area (Å²) in [5.41, 5.74) is 0.449. The number of sulfonamides is 1. The molecule has 242 valence electrons. The summed E-state index contributed by atoms with van der Waals surface area (Å²) in [6.07, 6.45) is 0. The van der Waals surface area contributed by atoms with Gasteiger partial charge in [-0.15, -0.1) is 0 Å². The summed E-state index contributed by atoms with van der Waals surface area (Å²) in [6.45, 7) is 6.47. The summed E-state index contributed by atoms with van der Waals surface area (Å²) in [5, 5.41) is 14.6. The number of benzene rings is 3. The van der Waals surface area contributed by atoms with Crippen LogP contribution in [-0.2, 0) is 26.2 Å². The van der Waals surface area contributed by atoms with E-state index in [-0.39, 0.29) is 34.5 Å². The third-order valence-electron chi connectivity index (χ3n) is 7.02. The van der Waals surface area contributed by atoms with E-state index in [0.29, 0.717) is 17.9 Å². The van der Waals surface area contributed by atoms with E-state index in [1.54, 1.807) is 31.2 Å². The molecule has 3 aromatic rings. The van der Waals surface area contributed by atoms with E-state index in [2.05, 4.69) is 5.32 Å². The molecule has 3 aromatic carbocycles. The standard InChI is InChI=1S/C31H37ClN4O8S/c1-20(2)17-33-31(38)22(4)34(18-23-8-11-25(43-5)12-9-23)30(37)19-35(28-15-24(32)10-14-29(28)44-6)45(41,42)26-13-7-21(3)27(16-26)36(39)40/h7-16,20,22H,17-19H2,1-6H3,(H,33,38)/t22-/m1/s1. The highest BCUT2D eigenvalue weighted by atomic mass is 35.5. The largest absolute Gasteiger partial charge is 0.497 e. The van der Waals surface area contributed by atoms with Crippen LogP contribution in [0.3, 0.4) is 0 Å². The Morgan fingerprint density at radius 1 is 1.00 bits per heavy atom. The van der Waals surface area contributed by atoms with Gasteiger partial charge in [0.15, 0.2) is 0 Å². The summed E-state index contributed by atoms with van der Waals surface area (Å²) in [4.78, 5) is 39.2. The number of nitro groups is 1. The van der Waals surface area contributed by atoms with Crippen molar-refractivity contribution in [2.75, 3.05) is 31.6 Å². The van der Waals surface area contributed by atoms with Crippen molar-refractivity contribution in [3.05, 3.63) is 86.9 Å². The molecule has 0 unspecified atom stereocenters. The number of ether oxygens (including phenoxy) is 2. The Morgan fingerprint density at radius 3 is 2.24 bits per heavy atom. The second-order valence-corrected chi connectivity index (χ2v) is 13.0. The predicted molar refractivity (Wildman–Crippen MR) is 171 cm³/mol. The lowest BCUT2D eigenvalue weighted by Crippen LogP contribution is -2.51. The van der Waals surface area contributed by atoms with Crippen molar-refractivity contribution in [2.24, 2.45) is 5.92 Å². The topological polar surface area (TPSA) is 148 Å². The minimum Gasteiger partial charge on any atom is -0.497 e. The first-order valence-electron chi connectivity index (χ1n) is 14.0. The van der Waals surface area contributed by atoms with Crippen LogP contribution in [0.25, 0.3) is 0 Å². The van der Waals surface area contributed by atoms with Gasteiger partial charge < -0.3 is 19.7 Å². The van der Waals surface area contributed by atoms with Crippen LogP contribution in [0.1, 0.15) is 31.9 Å². The van der Waals surface area contributed by atoms with Gasteiger partial charge in [-0.25, -0.2) is 8.42 Å². The maximum atomic E-state index is 14.2. The smallest absolute Gasteiger partial charge is 0.273 e. The number of methoxy groups -OCH3 is 2. The van der Waals surface area contributed by atoms with E-state index in [1.165, 1.54) is 56.4 Å². The molecule has 0 aliphatic heterocycles. The van der Waals surface area contributed by atoms with E-state index in [0.717, 1.165) is 10.4 Å². The zero-order chi connectivity index (χ0) is 33.5. The number of amides is 2. The Labute approximate surface area is 268 Å². The summed E-state index contributed by atoms with van der Waals surface area (Å²) < 4.78 is 39.8. The van der Waals surface area contributed by atoms with Gasteiger partial charge in [0, 0.05) is 29.7 Å². The highest BCUT2D eigenvalue weighted by Crippen LogP contribution is 2.36. The molecule has 1 N–H and O–H groups in total. The number of nitrogens with zero attached hydrogens (tertiary/aromatic N) is 3. The van der Waals surface area contributed by atoms with E-state index in [4.69, 9.17) is 21.1 Å². The average molecular weight is 661 g/mol. The Hall–Kier alpha value is -4.36. The van der Waals surface area contributed by atoms with Crippen molar-refractivity contribution >= 4 is 44.8 Å².